The standard InChI is InChI=1S/C15H15F3N4O/c16-15(17,18)13-4-6-20-22(13)12-3-1-2-10(8-12)14(23)21-7-5-11(19)9-21/h1-4,6,8,11H,5,7,9,19H2/t11-/m0/s1. The highest BCUT2D eigenvalue weighted by molar-refractivity contribution is 5.95. The van der Waals surface area contributed by atoms with E-state index < -0.39 is 11.9 Å². The first kappa shape index (κ1) is 15.5. The molecule has 1 saturated heterocycles. The van der Waals surface area contributed by atoms with Crippen LogP contribution in [0.4, 0.5) is 13.2 Å². The van der Waals surface area contributed by atoms with E-state index >= 15 is 0 Å². The highest BCUT2D eigenvalue weighted by atomic mass is 19.4. The lowest BCUT2D eigenvalue weighted by Crippen LogP contribution is -2.31. The average Bonchev–Trinajstić information content (AvgIpc) is 3.15. The zero-order chi connectivity index (χ0) is 16.6. The van der Waals surface area contributed by atoms with Crippen LogP contribution in [0.25, 0.3) is 5.69 Å². The van der Waals surface area contributed by atoms with E-state index in [4.69, 9.17) is 5.73 Å². The van der Waals surface area contributed by atoms with Gasteiger partial charge in [0.15, 0.2) is 0 Å². The third kappa shape index (κ3) is 3.07. The fraction of sp³-hybridized carbons (Fsp3) is 0.333. The highest BCUT2D eigenvalue weighted by Crippen LogP contribution is 2.30. The van der Waals surface area contributed by atoms with Crippen molar-refractivity contribution < 1.29 is 18.0 Å². The van der Waals surface area contributed by atoms with Crippen LogP contribution in [0.2, 0.25) is 0 Å². The minimum Gasteiger partial charge on any atom is -0.337 e. The van der Waals surface area contributed by atoms with E-state index in [1.165, 1.54) is 12.1 Å². The van der Waals surface area contributed by atoms with Crippen molar-refractivity contribution in [2.45, 2.75) is 18.6 Å². The summed E-state index contributed by atoms with van der Waals surface area (Å²) in [6.07, 6.45) is -2.71. The lowest BCUT2D eigenvalue weighted by Gasteiger charge is -2.17. The molecule has 1 aromatic heterocycles. The molecule has 1 amide bonds. The van der Waals surface area contributed by atoms with E-state index in [9.17, 15) is 18.0 Å². The number of halogens is 3. The first-order chi connectivity index (χ1) is 10.9. The zero-order valence-electron chi connectivity index (χ0n) is 12.1. The summed E-state index contributed by atoms with van der Waals surface area (Å²) in [6, 6.07) is 6.86. The second kappa shape index (κ2) is 5.69. The first-order valence-electron chi connectivity index (χ1n) is 7.13. The van der Waals surface area contributed by atoms with Crippen molar-refractivity contribution in [2.24, 2.45) is 5.73 Å². The lowest BCUT2D eigenvalue weighted by atomic mass is 10.1. The summed E-state index contributed by atoms with van der Waals surface area (Å²) in [5, 5.41) is 3.71. The molecule has 3 rings (SSSR count). The second-order valence-corrected chi connectivity index (χ2v) is 5.48. The molecule has 2 N–H and O–H groups in total. The number of nitrogens with two attached hydrogens (primary N) is 1. The maximum atomic E-state index is 13.0. The smallest absolute Gasteiger partial charge is 0.337 e. The van der Waals surface area contributed by atoms with Gasteiger partial charge in [0.25, 0.3) is 5.91 Å². The van der Waals surface area contributed by atoms with Crippen LogP contribution < -0.4 is 5.73 Å². The van der Waals surface area contributed by atoms with E-state index in [0.717, 1.165) is 23.4 Å². The van der Waals surface area contributed by atoms with Gasteiger partial charge in [-0.2, -0.15) is 18.3 Å². The van der Waals surface area contributed by atoms with Crippen LogP contribution in [-0.2, 0) is 6.18 Å². The van der Waals surface area contributed by atoms with Gasteiger partial charge >= 0.3 is 6.18 Å². The number of alkyl halides is 3. The van der Waals surface area contributed by atoms with Crippen LogP contribution in [0.15, 0.2) is 36.5 Å². The number of amides is 1. The Morgan fingerprint density at radius 1 is 1.30 bits per heavy atom. The van der Waals surface area contributed by atoms with Crippen LogP contribution >= 0.6 is 0 Å². The van der Waals surface area contributed by atoms with Crippen molar-refractivity contribution in [3.8, 4) is 5.69 Å². The van der Waals surface area contributed by atoms with Gasteiger partial charge in [-0.15, -0.1) is 0 Å². The molecule has 23 heavy (non-hydrogen) atoms. The van der Waals surface area contributed by atoms with E-state index in [-0.39, 0.29) is 17.6 Å². The number of hydrogen-bond donors (Lipinski definition) is 1. The molecular weight excluding hydrogens is 309 g/mol. The predicted octanol–water partition coefficient (Wildman–Crippen LogP) is 2.06. The predicted molar refractivity (Wildman–Crippen MR) is 77.1 cm³/mol. The van der Waals surface area contributed by atoms with Crippen molar-refractivity contribution >= 4 is 5.91 Å². The molecule has 1 aliphatic heterocycles. The van der Waals surface area contributed by atoms with Crippen molar-refractivity contribution in [3.05, 3.63) is 47.8 Å². The molecule has 0 saturated carbocycles. The normalized spacial score (nSPS) is 18.4. The summed E-state index contributed by atoms with van der Waals surface area (Å²) in [4.78, 5) is 14.0. The Morgan fingerprint density at radius 3 is 2.74 bits per heavy atom. The van der Waals surface area contributed by atoms with Crippen LogP contribution in [0, 0.1) is 0 Å². The number of nitrogens with zero attached hydrogens (tertiary/aromatic N) is 3. The summed E-state index contributed by atoms with van der Waals surface area (Å²) < 4.78 is 39.7. The average molecular weight is 324 g/mol. The van der Waals surface area contributed by atoms with Crippen LogP contribution in [0.1, 0.15) is 22.5 Å². The van der Waals surface area contributed by atoms with E-state index in [0.29, 0.717) is 18.7 Å². The summed E-state index contributed by atoms with van der Waals surface area (Å²) in [5.41, 5.74) is 5.41. The van der Waals surface area contributed by atoms with Gasteiger partial charge in [-0.25, -0.2) is 4.68 Å². The monoisotopic (exact) mass is 324 g/mol. The zero-order valence-corrected chi connectivity index (χ0v) is 12.1. The van der Waals surface area contributed by atoms with Crippen molar-refractivity contribution in [2.75, 3.05) is 13.1 Å². The van der Waals surface area contributed by atoms with E-state index in [2.05, 4.69) is 5.10 Å². The molecule has 1 fully saturated rings. The number of likely N-dealkylation sites (tertiary alicyclic amines) is 1. The molecule has 8 heteroatoms. The molecule has 0 bridgehead atoms. The molecule has 5 nitrogen and oxygen atoms in total. The van der Waals surface area contributed by atoms with Gasteiger partial charge in [-0.3, -0.25) is 4.79 Å². The Bertz CT molecular complexity index is 726. The molecule has 2 aromatic rings. The van der Waals surface area contributed by atoms with Crippen molar-refractivity contribution in [1.82, 2.24) is 14.7 Å². The fourth-order valence-corrected chi connectivity index (χ4v) is 2.65. The third-order valence-electron chi connectivity index (χ3n) is 3.78. The molecule has 1 aromatic carbocycles. The van der Waals surface area contributed by atoms with Crippen LogP contribution in [0.5, 0.6) is 0 Å². The number of carbonyl (C=O) groups is 1. The number of hydrogen-bond acceptors (Lipinski definition) is 3. The van der Waals surface area contributed by atoms with Gasteiger partial charge in [-0.1, -0.05) is 6.07 Å². The maximum absolute atomic E-state index is 13.0. The van der Waals surface area contributed by atoms with Gasteiger partial charge in [0.2, 0.25) is 0 Å². The largest absolute Gasteiger partial charge is 0.433 e. The van der Waals surface area contributed by atoms with Gasteiger partial charge in [0.05, 0.1) is 11.9 Å². The Kier molecular flexibility index (Phi) is 3.85. The SMILES string of the molecule is N[C@H]1CCN(C(=O)c2cccc(-n3nccc3C(F)(F)F)c2)C1. The summed E-state index contributed by atoms with van der Waals surface area (Å²) in [5.74, 6) is -0.236. The van der Waals surface area contributed by atoms with E-state index in [1.54, 1.807) is 17.0 Å². The molecule has 1 atom stereocenters. The second-order valence-electron chi connectivity index (χ2n) is 5.48. The van der Waals surface area contributed by atoms with Crippen LogP contribution in [0.3, 0.4) is 0 Å². The quantitative estimate of drug-likeness (QED) is 0.920. The lowest BCUT2D eigenvalue weighted by molar-refractivity contribution is -0.142. The van der Waals surface area contributed by atoms with Crippen molar-refractivity contribution in [3.63, 3.8) is 0 Å². The minimum atomic E-state index is -4.52. The van der Waals surface area contributed by atoms with Gasteiger partial charge in [0, 0.05) is 24.7 Å². The summed E-state index contributed by atoms with van der Waals surface area (Å²) >= 11 is 0. The molecule has 0 spiro atoms. The molecule has 0 unspecified atom stereocenters. The Labute approximate surface area is 130 Å². The maximum Gasteiger partial charge on any atom is 0.433 e. The number of rotatable bonds is 2. The highest BCUT2D eigenvalue weighted by Gasteiger charge is 2.35. The fourth-order valence-electron chi connectivity index (χ4n) is 2.65. The van der Waals surface area contributed by atoms with Gasteiger partial charge in [0.1, 0.15) is 5.69 Å². The molecule has 122 valence electrons. The summed E-state index contributed by atoms with van der Waals surface area (Å²) in [7, 11) is 0. The molecule has 0 aliphatic carbocycles. The minimum absolute atomic E-state index is 0.0509. The molecular formula is C15H15F3N4O. The Morgan fingerprint density at radius 2 is 2.09 bits per heavy atom. The van der Waals surface area contributed by atoms with Crippen molar-refractivity contribution in [1.29, 1.82) is 0 Å². The van der Waals surface area contributed by atoms with E-state index in [1.807, 2.05) is 0 Å². The number of aromatic nitrogens is 2. The Hall–Kier alpha value is -2.35. The topological polar surface area (TPSA) is 64.2 Å². The Balaban J connectivity index is 1.92. The van der Waals surface area contributed by atoms with Gasteiger partial charge in [-0.05, 0) is 30.7 Å². The molecule has 1 aliphatic rings. The number of benzene rings is 1. The van der Waals surface area contributed by atoms with Crippen LogP contribution in [-0.4, -0.2) is 39.7 Å². The first-order valence-corrected chi connectivity index (χ1v) is 7.13. The molecule has 2 heterocycles. The van der Waals surface area contributed by atoms with Gasteiger partial charge < -0.3 is 10.6 Å². The summed E-state index contributed by atoms with van der Waals surface area (Å²) in [6.45, 7) is 1.01. The molecule has 0 radical (unpaired) electrons. The third-order valence-corrected chi connectivity index (χ3v) is 3.78. The number of carbonyl (C=O) groups excluding carboxylic acids is 1.